The minimum absolute atomic E-state index is 0.182. The minimum Gasteiger partial charge on any atom is -0.361 e. The number of imide groups is 1. The quantitative estimate of drug-likeness (QED) is 0.777. The van der Waals surface area contributed by atoms with E-state index in [4.69, 9.17) is 4.52 Å². The molecule has 0 radical (unpaired) electrons. The summed E-state index contributed by atoms with van der Waals surface area (Å²) >= 11 is 0. The van der Waals surface area contributed by atoms with Crippen molar-refractivity contribution in [1.29, 1.82) is 0 Å². The smallest absolute Gasteiger partial charge is 0.242 e. The third-order valence-corrected chi connectivity index (χ3v) is 4.73. The lowest BCUT2D eigenvalue weighted by atomic mass is 9.81. The van der Waals surface area contributed by atoms with Crippen molar-refractivity contribution in [3.8, 4) is 0 Å². The van der Waals surface area contributed by atoms with Gasteiger partial charge in [-0.15, -0.1) is 0 Å². The first kappa shape index (κ1) is 15.7. The molecule has 1 aliphatic carbocycles. The lowest BCUT2D eigenvalue weighted by Crippen LogP contribution is -2.41. The van der Waals surface area contributed by atoms with Gasteiger partial charge in [0.15, 0.2) is 0 Å². The molecule has 1 aliphatic heterocycles. The van der Waals surface area contributed by atoms with Gasteiger partial charge in [0.25, 0.3) is 0 Å². The van der Waals surface area contributed by atoms with Crippen molar-refractivity contribution >= 4 is 17.7 Å². The Labute approximate surface area is 134 Å². The highest BCUT2D eigenvalue weighted by Gasteiger charge is 2.48. The first-order valence-electron chi connectivity index (χ1n) is 7.98. The lowest BCUT2D eigenvalue weighted by molar-refractivity contribution is -0.146. The van der Waals surface area contributed by atoms with Gasteiger partial charge >= 0.3 is 0 Å². The Morgan fingerprint density at radius 2 is 1.91 bits per heavy atom. The normalized spacial score (nSPS) is 24.0. The average Bonchev–Trinajstić information content (AvgIpc) is 3.04. The monoisotopic (exact) mass is 319 g/mol. The Morgan fingerprint density at radius 3 is 2.43 bits per heavy atom. The number of carbonyl (C=O) groups excluding carboxylic acids is 3. The van der Waals surface area contributed by atoms with E-state index in [1.807, 2.05) is 0 Å². The summed E-state index contributed by atoms with van der Waals surface area (Å²) in [6.45, 7) is 1.89. The van der Waals surface area contributed by atoms with Gasteiger partial charge in [-0.1, -0.05) is 18.0 Å². The predicted molar refractivity (Wildman–Crippen MR) is 79.9 cm³/mol. The zero-order valence-corrected chi connectivity index (χ0v) is 13.4. The fourth-order valence-corrected chi connectivity index (χ4v) is 3.47. The third-order valence-electron chi connectivity index (χ3n) is 4.73. The van der Waals surface area contributed by atoms with Crippen LogP contribution in [0.15, 0.2) is 10.6 Å². The Bertz CT molecular complexity index is 615. The molecule has 2 heterocycles. The minimum atomic E-state index is -0.272. The number of hydrogen-bond donors (Lipinski definition) is 0. The van der Waals surface area contributed by atoms with Crippen LogP contribution in [0.3, 0.4) is 0 Å². The van der Waals surface area contributed by atoms with Gasteiger partial charge in [-0.25, -0.2) is 0 Å². The zero-order chi connectivity index (χ0) is 16.6. The molecule has 0 spiro atoms. The van der Waals surface area contributed by atoms with Gasteiger partial charge in [-0.2, -0.15) is 0 Å². The number of carbonyl (C=O) groups is 3. The highest BCUT2D eigenvalue weighted by Crippen LogP contribution is 2.37. The molecule has 0 N–H and O–H groups in total. The van der Waals surface area contributed by atoms with E-state index >= 15 is 0 Å². The summed E-state index contributed by atoms with van der Waals surface area (Å²) in [5, 5.41) is 3.84. The van der Waals surface area contributed by atoms with Crippen LogP contribution < -0.4 is 0 Å². The fourth-order valence-electron chi connectivity index (χ4n) is 3.47. The van der Waals surface area contributed by atoms with Gasteiger partial charge in [0.1, 0.15) is 18.0 Å². The van der Waals surface area contributed by atoms with Gasteiger partial charge in [0.2, 0.25) is 17.7 Å². The fraction of sp³-hybridized carbons (Fsp3) is 0.625. The summed E-state index contributed by atoms with van der Waals surface area (Å²) < 4.78 is 4.97. The van der Waals surface area contributed by atoms with Crippen molar-refractivity contribution in [1.82, 2.24) is 15.0 Å². The largest absolute Gasteiger partial charge is 0.361 e. The number of likely N-dealkylation sites (tertiary alicyclic amines) is 1. The average molecular weight is 319 g/mol. The Kier molecular flexibility index (Phi) is 4.19. The van der Waals surface area contributed by atoms with Crippen LogP contribution in [0.5, 0.6) is 0 Å². The van der Waals surface area contributed by atoms with E-state index in [0.29, 0.717) is 18.0 Å². The van der Waals surface area contributed by atoms with E-state index in [2.05, 4.69) is 5.16 Å². The lowest BCUT2D eigenvalue weighted by Gasteiger charge is -2.20. The van der Waals surface area contributed by atoms with Crippen molar-refractivity contribution in [2.75, 3.05) is 13.6 Å². The predicted octanol–water partition coefficient (Wildman–Crippen LogP) is 1.12. The van der Waals surface area contributed by atoms with Crippen LogP contribution in [-0.4, -0.2) is 46.3 Å². The van der Waals surface area contributed by atoms with Gasteiger partial charge in [-0.05, 0) is 19.8 Å². The second-order valence-electron chi connectivity index (χ2n) is 6.44. The standard InChI is InChI=1S/C16H21N3O4/c1-10-7-11(17-23-10)8-18(2)14(20)9-19-15(21)12-5-3-4-6-13(12)16(19)22/h7,12-13H,3-6,8-9H2,1-2H3/t12-,13-/m0/s1. The molecule has 0 bridgehead atoms. The van der Waals surface area contributed by atoms with Crippen LogP contribution in [0.1, 0.15) is 37.1 Å². The topological polar surface area (TPSA) is 83.7 Å². The molecule has 7 nitrogen and oxygen atoms in total. The maximum Gasteiger partial charge on any atom is 0.242 e. The van der Waals surface area contributed by atoms with E-state index in [-0.39, 0.29) is 36.1 Å². The van der Waals surface area contributed by atoms with Crippen molar-refractivity contribution in [2.45, 2.75) is 39.2 Å². The number of aryl methyl sites for hydroxylation is 1. The summed E-state index contributed by atoms with van der Waals surface area (Å²) in [5.74, 6) is -0.390. The Hall–Kier alpha value is -2.18. The Balaban J connectivity index is 1.62. The first-order chi connectivity index (χ1) is 11.0. The second kappa shape index (κ2) is 6.14. The number of aromatic nitrogens is 1. The molecule has 1 saturated carbocycles. The number of hydrogen-bond acceptors (Lipinski definition) is 5. The molecule has 1 aromatic heterocycles. The molecular formula is C16H21N3O4. The Morgan fingerprint density at radius 1 is 1.30 bits per heavy atom. The molecule has 2 fully saturated rings. The van der Waals surface area contributed by atoms with E-state index in [1.165, 1.54) is 4.90 Å². The van der Waals surface area contributed by atoms with E-state index < -0.39 is 0 Å². The molecule has 0 unspecified atom stereocenters. The second-order valence-corrected chi connectivity index (χ2v) is 6.44. The zero-order valence-electron chi connectivity index (χ0n) is 13.4. The molecule has 124 valence electrons. The first-order valence-corrected chi connectivity index (χ1v) is 7.98. The third kappa shape index (κ3) is 3.00. The van der Waals surface area contributed by atoms with E-state index in [9.17, 15) is 14.4 Å². The molecule has 2 aliphatic rings. The van der Waals surface area contributed by atoms with Crippen LogP contribution in [0.2, 0.25) is 0 Å². The molecule has 3 rings (SSSR count). The summed E-state index contributed by atoms with van der Waals surface area (Å²) in [7, 11) is 1.63. The van der Waals surface area contributed by atoms with E-state index in [1.54, 1.807) is 20.0 Å². The van der Waals surface area contributed by atoms with Gasteiger partial charge in [-0.3, -0.25) is 19.3 Å². The van der Waals surface area contributed by atoms with Crippen molar-refractivity contribution < 1.29 is 18.9 Å². The maximum absolute atomic E-state index is 12.4. The molecular weight excluding hydrogens is 298 g/mol. The molecule has 7 heteroatoms. The number of fused-ring (bicyclic) bond motifs is 1. The summed E-state index contributed by atoms with van der Waals surface area (Å²) in [5.41, 5.74) is 0.645. The van der Waals surface area contributed by atoms with Crippen molar-refractivity contribution in [3.63, 3.8) is 0 Å². The van der Waals surface area contributed by atoms with Crippen LogP contribution in [0, 0.1) is 18.8 Å². The van der Waals surface area contributed by atoms with Gasteiger partial charge < -0.3 is 9.42 Å². The molecule has 3 amide bonds. The van der Waals surface area contributed by atoms with Crippen LogP contribution in [-0.2, 0) is 20.9 Å². The number of amides is 3. The van der Waals surface area contributed by atoms with Gasteiger partial charge in [0, 0.05) is 13.1 Å². The molecule has 1 saturated heterocycles. The van der Waals surface area contributed by atoms with E-state index in [0.717, 1.165) is 30.6 Å². The van der Waals surface area contributed by atoms with Crippen molar-refractivity contribution in [3.05, 3.63) is 17.5 Å². The number of likely N-dealkylation sites (N-methyl/N-ethyl adjacent to an activating group) is 1. The van der Waals surface area contributed by atoms with Crippen LogP contribution >= 0.6 is 0 Å². The maximum atomic E-state index is 12.4. The number of rotatable bonds is 4. The number of nitrogens with zero attached hydrogens (tertiary/aromatic N) is 3. The molecule has 0 aromatic carbocycles. The highest BCUT2D eigenvalue weighted by atomic mass is 16.5. The molecule has 23 heavy (non-hydrogen) atoms. The van der Waals surface area contributed by atoms with Crippen LogP contribution in [0.25, 0.3) is 0 Å². The van der Waals surface area contributed by atoms with Crippen LogP contribution in [0.4, 0.5) is 0 Å². The molecule has 1 aromatic rings. The van der Waals surface area contributed by atoms with Gasteiger partial charge in [0.05, 0.1) is 18.4 Å². The summed E-state index contributed by atoms with van der Waals surface area (Å²) in [4.78, 5) is 39.7. The summed E-state index contributed by atoms with van der Waals surface area (Å²) in [6.07, 6.45) is 3.47. The SMILES string of the molecule is Cc1cc(CN(C)C(=O)CN2C(=O)[C@H]3CCCC[C@@H]3C2=O)no1. The van der Waals surface area contributed by atoms with Crippen molar-refractivity contribution in [2.24, 2.45) is 11.8 Å². The highest BCUT2D eigenvalue weighted by molar-refractivity contribution is 6.07. The molecule has 2 atom stereocenters. The summed E-state index contributed by atoms with van der Waals surface area (Å²) in [6, 6.07) is 1.75.